The second-order valence-corrected chi connectivity index (χ2v) is 5.06. The fourth-order valence-electron chi connectivity index (χ4n) is 2.20. The molecule has 1 aliphatic rings. The molecule has 0 saturated carbocycles. The minimum absolute atomic E-state index is 0.361. The Morgan fingerprint density at radius 2 is 1.90 bits per heavy atom. The van der Waals surface area contributed by atoms with E-state index in [4.69, 9.17) is 9.63 Å². The number of β-amino-alcohol motifs (C(OH)–C–C–N with tert-alkyl or cyclic N) is 1. The highest BCUT2D eigenvalue weighted by Gasteiger charge is 2.39. The van der Waals surface area contributed by atoms with Crippen LogP contribution < -0.4 is 0 Å². The van der Waals surface area contributed by atoms with Gasteiger partial charge in [0.1, 0.15) is 5.76 Å². The maximum atomic E-state index is 12.3. The van der Waals surface area contributed by atoms with Crippen molar-refractivity contribution in [2.75, 3.05) is 32.7 Å². The molecule has 1 aliphatic heterocycles. The van der Waals surface area contributed by atoms with Crippen LogP contribution in [-0.2, 0) is 6.54 Å². The molecule has 1 aromatic rings. The van der Waals surface area contributed by atoms with Gasteiger partial charge >= 0.3 is 6.18 Å². The van der Waals surface area contributed by atoms with Crippen LogP contribution in [0.15, 0.2) is 10.6 Å². The van der Waals surface area contributed by atoms with E-state index in [-0.39, 0.29) is 6.54 Å². The van der Waals surface area contributed by atoms with Gasteiger partial charge in [0.2, 0.25) is 0 Å². The Hall–Kier alpha value is -1.12. The number of halogens is 3. The van der Waals surface area contributed by atoms with E-state index in [0.29, 0.717) is 32.7 Å². The molecule has 2 heterocycles. The SMILES string of the molecule is Cc1cc(CN2CCN(CC(O)C(F)(F)F)CC2)no1. The van der Waals surface area contributed by atoms with Crippen LogP contribution in [0.2, 0.25) is 0 Å². The van der Waals surface area contributed by atoms with Gasteiger partial charge in [-0.1, -0.05) is 5.16 Å². The Kier molecular flexibility index (Phi) is 4.66. The number of alkyl halides is 3. The van der Waals surface area contributed by atoms with Gasteiger partial charge in [0.25, 0.3) is 0 Å². The average molecular weight is 293 g/mol. The number of piperazine rings is 1. The van der Waals surface area contributed by atoms with Crippen LogP contribution in [0.1, 0.15) is 11.5 Å². The van der Waals surface area contributed by atoms with Gasteiger partial charge in [-0.25, -0.2) is 0 Å². The summed E-state index contributed by atoms with van der Waals surface area (Å²) in [6.07, 6.45) is -6.82. The first kappa shape index (κ1) is 15.3. The van der Waals surface area contributed by atoms with Crippen LogP contribution in [0.4, 0.5) is 13.2 Å². The molecule has 0 aliphatic carbocycles. The van der Waals surface area contributed by atoms with Gasteiger partial charge in [0, 0.05) is 45.3 Å². The second-order valence-electron chi connectivity index (χ2n) is 5.06. The van der Waals surface area contributed by atoms with Gasteiger partial charge in [-0.05, 0) is 6.92 Å². The summed E-state index contributed by atoms with van der Waals surface area (Å²) in [5.41, 5.74) is 0.825. The minimum Gasteiger partial charge on any atom is -0.382 e. The second kappa shape index (κ2) is 6.11. The third-order valence-electron chi connectivity index (χ3n) is 3.34. The molecule has 1 atom stereocenters. The molecule has 2 rings (SSSR count). The Bertz CT molecular complexity index is 428. The molecule has 1 N–H and O–H groups in total. The van der Waals surface area contributed by atoms with Crippen molar-refractivity contribution in [3.05, 3.63) is 17.5 Å². The van der Waals surface area contributed by atoms with Crippen molar-refractivity contribution < 1.29 is 22.8 Å². The van der Waals surface area contributed by atoms with Crippen molar-refractivity contribution in [3.8, 4) is 0 Å². The van der Waals surface area contributed by atoms with E-state index in [1.807, 2.05) is 13.0 Å². The van der Waals surface area contributed by atoms with Crippen molar-refractivity contribution in [1.82, 2.24) is 15.0 Å². The van der Waals surface area contributed by atoms with Gasteiger partial charge in [-0.2, -0.15) is 13.2 Å². The summed E-state index contributed by atoms with van der Waals surface area (Å²) in [4.78, 5) is 3.73. The standard InChI is InChI=1S/C12H18F3N3O2/c1-9-6-10(16-20-9)7-17-2-4-18(5-3-17)8-11(19)12(13,14)15/h6,11,19H,2-5,7-8H2,1H3. The summed E-state index contributed by atoms with van der Waals surface area (Å²) in [6, 6.07) is 1.85. The number of aromatic nitrogens is 1. The van der Waals surface area contributed by atoms with Crippen LogP contribution in [-0.4, -0.2) is 65.1 Å². The molecule has 114 valence electrons. The van der Waals surface area contributed by atoms with Gasteiger partial charge in [-0.3, -0.25) is 9.80 Å². The molecule has 5 nitrogen and oxygen atoms in total. The van der Waals surface area contributed by atoms with Crippen LogP contribution in [0.5, 0.6) is 0 Å². The number of aryl methyl sites for hydroxylation is 1. The highest BCUT2D eigenvalue weighted by Crippen LogP contribution is 2.21. The number of aliphatic hydroxyl groups is 1. The van der Waals surface area contributed by atoms with Gasteiger partial charge in [-0.15, -0.1) is 0 Å². The first-order valence-electron chi connectivity index (χ1n) is 6.46. The normalized spacial score (nSPS) is 20.2. The first-order chi connectivity index (χ1) is 9.34. The van der Waals surface area contributed by atoms with E-state index in [0.717, 1.165) is 11.5 Å². The largest absolute Gasteiger partial charge is 0.415 e. The van der Waals surface area contributed by atoms with Crippen LogP contribution in [0.3, 0.4) is 0 Å². The zero-order valence-corrected chi connectivity index (χ0v) is 11.2. The molecule has 0 amide bonds. The molecule has 0 radical (unpaired) electrons. The molecular weight excluding hydrogens is 275 g/mol. The van der Waals surface area contributed by atoms with Crippen LogP contribution in [0.25, 0.3) is 0 Å². The van der Waals surface area contributed by atoms with Gasteiger partial charge < -0.3 is 9.63 Å². The van der Waals surface area contributed by atoms with Crippen molar-refractivity contribution in [1.29, 1.82) is 0 Å². The molecule has 1 aromatic heterocycles. The third kappa shape index (κ3) is 4.19. The predicted octanol–water partition coefficient (Wildman–Crippen LogP) is 1.02. The lowest BCUT2D eigenvalue weighted by Gasteiger charge is -2.35. The van der Waals surface area contributed by atoms with Gasteiger partial charge in [0.15, 0.2) is 6.10 Å². The highest BCUT2D eigenvalue weighted by atomic mass is 19.4. The quantitative estimate of drug-likeness (QED) is 0.898. The topological polar surface area (TPSA) is 52.7 Å². The van der Waals surface area contributed by atoms with E-state index < -0.39 is 12.3 Å². The summed E-state index contributed by atoms with van der Waals surface area (Å²) in [5, 5.41) is 12.9. The molecule has 1 fully saturated rings. The number of hydrogen-bond acceptors (Lipinski definition) is 5. The summed E-state index contributed by atoms with van der Waals surface area (Å²) in [6.45, 7) is 4.39. The molecular formula is C12H18F3N3O2. The Morgan fingerprint density at radius 1 is 1.30 bits per heavy atom. The summed E-state index contributed by atoms with van der Waals surface area (Å²) in [5.74, 6) is 0.743. The van der Waals surface area contributed by atoms with E-state index >= 15 is 0 Å². The summed E-state index contributed by atoms with van der Waals surface area (Å²) in [7, 11) is 0. The zero-order chi connectivity index (χ0) is 14.8. The molecule has 0 aromatic carbocycles. The maximum Gasteiger partial charge on any atom is 0.415 e. The van der Waals surface area contributed by atoms with E-state index in [1.54, 1.807) is 4.90 Å². The fourth-order valence-corrected chi connectivity index (χ4v) is 2.20. The van der Waals surface area contributed by atoms with E-state index in [2.05, 4.69) is 10.1 Å². The summed E-state index contributed by atoms with van der Waals surface area (Å²) >= 11 is 0. The van der Waals surface area contributed by atoms with E-state index in [1.165, 1.54) is 0 Å². The first-order valence-corrected chi connectivity index (χ1v) is 6.46. The average Bonchev–Trinajstić information content (AvgIpc) is 2.76. The number of rotatable bonds is 4. The smallest absolute Gasteiger partial charge is 0.382 e. The maximum absolute atomic E-state index is 12.3. The van der Waals surface area contributed by atoms with Crippen molar-refractivity contribution in [2.24, 2.45) is 0 Å². The number of aliphatic hydroxyl groups excluding tert-OH is 1. The lowest BCUT2D eigenvalue weighted by atomic mass is 10.2. The molecule has 0 bridgehead atoms. The minimum atomic E-state index is -4.55. The monoisotopic (exact) mass is 293 g/mol. The van der Waals surface area contributed by atoms with Gasteiger partial charge in [0.05, 0.1) is 5.69 Å². The molecule has 20 heavy (non-hydrogen) atoms. The molecule has 8 heteroatoms. The molecule has 0 spiro atoms. The molecule has 1 saturated heterocycles. The highest BCUT2D eigenvalue weighted by molar-refractivity contribution is 5.03. The Balaban J connectivity index is 1.75. The lowest BCUT2D eigenvalue weighted by Crippen LogP contribution is -2.50. The zero-order valence-electron chi connectivity index (χ0n) is 11.2. The lowest BCUT2D eigenvalue weighted by molar-refractivity contribution is -0.209. The third-order valence-corrected chi connectivity index (χ3v) is 3.34. The van der Waals surface area contributed by atoms with Crippen molar-refractivity contribution in [3.63, 3.8) is 0 Å². The fraction of sp³-hybridized carbons (Fsp3) is 0.750. The Labute approximate surface area is 114 Å². The van der Waals surface area contributed by atoms with E-state index in [9.17, 15) is 13.2 Å². The van der Waals surface area contributed by atoms with Crippen LogP contribution >= 0.6 is 0 Å². The molecule has 1 unspecified atom stereocenters. The Morgan fingerprint density at radius 3 is 2.40 bits per heavy atom. The van der Waals surface area contributed by atoms with Crippen molar-refractivity contribution >= 4 is 0 Å². The summed E-state index contributed by atoms with van der Waals surface area (Å²) < 4.78 is 41.8. The van der Waals surface area contributed by atoms with Crippen LogP contribution in [0, 0.1) is 6.92 Å². The van der Waals surface area contributed by atoms with Crippen molar-refractivity contribution in [2.45, 2.75) is 25.7 Å². The number of hydrogen-bond donors (Lipinski definition) is 1. The predicted molar refractivity (Wildman–Crippen MR) is 65.0 cm³/mol. The number of nitrogens with zero attached hydrogens (tertiary/aromatic N) is 3.